The molecule has 0 saturated carbocycles. The number of rotatable bonds is 3. The van der Waals surface area contributed by atoms with E-state index >= 15 is 0 Å². The van der Waals surface area contributed by atoms with Crippen LogP contribution in [0.1, 0.15) is 54.2 Å². The third-order valence-electron chi connectivity index (χ3n) is 6.97. The number of Topliss-reactive ketones (excluding diaryl/α,β-unsaturated/α-hetero) is 1. The average Bonchev–Trinajstić information content (AvgIpc) is 3.04. The minimum Gasteiger partial charge on any atom is -0.378 e. The average molecular weight is 417 g/mol. The first kappa shape index (κ1) is 20.0. The molecular weight excluding hydrogens is 388 g/mol. The van der Waals surface area contributed by atoms with Crippen LogP contribution in [-0.4, -0.2) is 48.4 Å². The van der Waals surface area contributed by atoms with Gasteiger partial charge in [0.2, 0.25) is 0 Å². The van der Waals surface area contributed by atoms with Crippen LogP contribution in [0, 0.1) is 0 Å². The van der Waals surface area contributed by atoms with Gasteiger partial charge in [0.1, 0.15) is 0 Å². The van der Waals surface area contributed by atoms with Crippen LogP contribution in [0.25, 0.3) is 6.08 Å². The number of hydrogen-bond donors (Lipinski definition) is 0. The van der Waals surface area contributed by atoms with Gasteiger partial charge in [-0.15, -0.1) is 0 Å². The van der Waals surface area contributed by atoms with Crippen LogP contribution in [0.15, 0.2) is 48.7 Å². The smallest absolute Gasteiger partial charge is 0.300 e. The van der Waals surface area contributed by atoms with Crippen molar-refractivity contribution in [2.24, 2.45) is 0 Å². The van der Waals surface area contributed by atoms with Crippen molar-refractivity contribution in [2.45, 2.75) is 38.1 Å². The van der Waals surface area contributed by atoms with Gasteiger partial charge in [0, 0.05) is 24.0 Å². The standard InChI is InChI=1S/C26H28N2O3/c1-25(2)17-26(3,19-7-5-4-6-8-19)20-10-9-18(11-12-27-13-15-31-16-14-27)21-22(20)28(25)24(30)23(21)29/h4-12H,13-17H2,1-3H3/b12-11+. The predicted octanol–water partition coefficient (Wildman–Crippen LogP) is 4.01. The molecule has 5 rings (SSSR count). The molecule has 3 aliphatic heterocycles. The van der Waals surface area contributed by atoms with E-state index in [0.29, 0.717) is 18.8 Å². The van der Waals surface area contributed by atoms with E-state index in [9.17, 15) is 9.59 Å². The molecule has 1 atom stereocenters. The van der Waals surface area contributed by atoms with Gasteiger partial charge in [-0.1, -0.05) is 49.4 Å². The third-order valence-corrected chi connectivity index (χ3v) is 6.97. The van der Waals surface area contributed by atoms with Crippen LogP contribution < -0.4 is 4.90 Å². The Labute approximate surface area is 183 Å². The van der Waals surface area contributed by atoms with E-state index in [4.69, 9.17) is 4.74 Å². The summed E-state index contributed by atoms with van der Waals surface area (Å²) in [5, 5.41) is 0. The Morgan fingerprint density at radius 3 is 2.39 bits per heavy atom. The number of benzene rings is 2. The molecule has 3 aliphatic rings. The molecular formula is C26H28N2O3. The Hall–Kier alpha value is -2.92. The maximum atomic E-state index is 13.2. The molecule has 2 aromatic rings. The van der Waals surface area contributed by atoms with Crippen LogP contribution in [0.3, 0.4) is 0 Å². The predicted molar refractivity (Wildman–Crippen MR) is 121 cm³/mol. The van der Waals surface area contributed by atoms with Gasteiger partial charge in [0.15, 0.2) is 0 Å². The summed E-state index contributed by atoms with van der Waals surface area (Å²) in [5.74, 6) is -0.813. The molecule has 0 aliphatic carbocycles. The molecule has 0 radical (unpaired) electrons. The fraction of sp³-hybridized carbons (Fsp3) is 0.385. The fourth-order valence-electron chi connectivity index (χ4n) is 5.56. The highest BCUT2D eigenvalue weighted by Gasteiger charge is 2.54. The quantitative estimate of drug-likeness (QED) is 0.710. The van der Waals surface area contributed by atoms with Gasteiger partial charge in [0.25, 0.3) is 11.7 Å². The van der Waals surface area contributed by atoms with Gasteiger partial charge in [-0.05, 0) is 49.2 Å². The van der Waals surface area contributed by atoms with E-state index in [2.05, 4.69) is 56.0 Å². The summed E-state index contributed by atoms with van der Waals surface area (Å²) >= 11 is 0. The fourth-order valence-corrected chi connectivity index (χ4v) is 5.56. The summed E-state index contributed by atoms with van der Waals surface area (Å²) in [7, 11) is 0. The number of ketones is 1. The first-order valence-corrected chi connectivity index (χ1v) is 10.9. The van der Waals surface area contributed by atoms with Crippen LogP contribution in [-0.2, 0) is 14.9 Å². The van der Waals surface area contributed by atoms with Crippen LogP contribution >= 0.6 is 0 Å². The van der Waals surface area contributed by atoms with Gasteiger partial charge in [-0.3, -0.25) is 14.5 Å². The monoisotopic (exact) mass is 416 g/mol. The summed E-state index contributed by atoms with van der Waals surface area (Å²) in [6.07, 6.45) is 4.74. The first-order chi connectivity index (χ1) is 14.8. The maximum Gasteiger partial charge on any atom is 0.300 e. The van der Waals surface area contributed by atoms with Gasteiger partial charge in [0.05, 0.1) is 24.5 Å². The van der Waals surface area contributed by atoms with E-state index in [1.54, 1.807) is 4.90 Å². The molecule has 1 fully saturated rings. The molecule has 5 heteroatoms. The van der Waals surface area contributed by atoms with Crippen LogP contribution in [0.5, 0.6) is 0 Å². The van der Waals surface area contributed by atoms with Crippen molar-refractivity contribution in [1.29, 1.82) is 0 Å². The van der Waals surface area contributed by atoms with Gasteiger partial charge >= 0.3 is 0 Å². The van der Waals surface area contributed by atoms with Crippen molar-refractivity contribution in [3.63, 3.8) is 0 Å². The lowest BCUT2D eigenvalue weighted by molar-refractivity contribution is -0.115. The molecule has 0 N–H and O–H groups in total. The van der Waals surface area contributed by atoms with Crippen molar-refractivity contribution in [1.82, 2.24) is 4.90 Å². The van der Waals surface area contributed by atoms with Crippen molar-refractivity contribution in [2.75, 3.05) is 31.2 Å². The number of nitrogens with zero attached hydrogens (tertiary/aromatic N) is 2. The van der Waals surface area contributed by atoms with Crippen LogP contribution in [0.2, 0.25) is 0 Å². The number of ether oxygens (including phenoxy) is 1. The number of amides is 1. The van der Waals surface area contributed by atoms with Crippen molar-refractivity contribution in [3.8, 4) is 0 Å². The molecule has 0 spiro atoms. The van der Waals surface area contributed by atoms with E-state index in [0.717, 1.165) is 36.3 Å². The number of morpholine rings is 1. The summed E-state index contributed by atoms with van der Waals surface area (Å²) in [5.41, 5.74) is 3.64. The normalized spacial score (nSPS) is 24.7. The lowest BCUT2D eigenvalue weighted by Crippen LogP contribution is -2.54. The summed E-state index contributed by atoms with van der Waals surface area (Å²) in [6, 6.07) is 14.5. The van der Waals surface area contributed by atoms with Gasteiger partial charge < -0.3 is 9.64 Å². The van der Waals surface area contributed by atoms with E-state index in [1.807, 2.05) is 24.4 Å². The summed E-state index contributed by atoms with van der Waals surface area (Å²) < 4.78 is 5.42. The molecule has 1 unspecified atom stereocenters. The van der Waals surface area contributed by atoms with E-state index in [1.165, 1.54) is 5.56 Å². The summed E-state index contributed by atoms with van der Waals surface area (Å²) in [6.45, 7) is 9.42. The Morgan fingerprint density at radius 1 is 0.968 bits per heavy atom. The highest BCUT2D eigenvalue weighted by Crippen LogP contribution is 2.54. The SMILES string of the molecule is CC1(c2ccccc2)CC(C)(C)N2C(=O)C(=O)c3c(/C=C/N4CCOCC4)ccc1c32. The minimum absolute atomic E-state index is 0.289. The Kier molecular flexibility index (Phi) is 4.56. The molecule has 0 aromatic heterocycles. The molecule has 0 bridgehead atoms. The Bertz CT molecular complexity index is 1080. The topological polar surface area (TPSA) is 49.9 Å². The lowest BCUT2D eigenvalue weighted by atomic mass is 9.65. The number of carbonyl (C=O) groups is 2. The number of anilines is 1. The van der Waals surface area contributed by atoms with E-state index in [-0.39, 0.29) is 5.41 Å². The Balaban J connectivity index is 1.68. The highest BCUT2D eigenvalue weighted by atomic mass is 16.5. The van der Waals surface area contributed by atoms with Crippen molar-refractivity contribution < 1.29 is 14.3 Å². The zero-order valence-electron chi connectivity index (χ0n) is 18.4. The Morgan fingerprint density at radius 2 is 1.68 bits per heavy atom. The molecule has 1 amide bonds. The first-order valence-electron chi connectivity index (χ1n) is 10.9. The zero-order chi connectivity index (χ0) is 21.8. The third kappa shape index (κ3) is 3.02. The second kappa shape index (κ2) is 7.06. The van der Waals surface area contributed by atoms with Crippen molar-refractivity contribution >= 4 is 23.5 Å². The molecule has 3 heterocycles. The highest BCUT2D eigenvalue weighted by molar-refractivity contribution is 6.53. The number of hydrogen-bond acceptors (Lipinski definition) is 4. The largest absolute Gasteiger partial charge is 0.378 e. The van der Waals surface area contributed by atoms with Crippen LogP contribution in [0.4, 0.5) is 5.69 Å². The van der Waals surface area contributed by atoms with Gasteiger partial charge in [-0.25, -0.2) is 0 Å². The molecule has 5 nitrogen and oxygen atoms in total. The molecule has 1 saturated heterocycles. The zero-order valence-corrected chi connectivity index (χ0v) is 18.4. The van der Waals surface area contributed by atoms with Gasteiger partial charge in [-0.2, -0.15) is 0 Å². The van der Waals surface area contributed by atoms with E-state index < -0.39 is 17.2 Å². The molecule has 31 heavy (non-hydrogen) atoms. The minimum atomic E-state index is -0.470. The number of carbonyl (C=O) groups excluding carboxylic acids is 2. The second-order valence-corrected chi connectivity index (χ2v) is 9.55. The maximum absolute atomic E-state index is 13.2. The molecule has 160 valence electrons. The second-order valence-electron chi connectivity index (χ2n) is 9.55. The summed E-state index contributed by atoms with van der Waals surface area (Å²) in [4.78, 5) is 30.3. The van der Waals surface area contributed by atoms with Crippen molar-refractivity contribution in [3.05, 3.63) is 70.9 Å². The lowest BCUT2D eigenvalue weighted by Gasteiger charge is -2.49. The molecule has 2 aromatic carbocycles.